The molecule has 158 valence electrons. The molecule has 29 heavy (non-hydrogen) atoms. The van der Waals surface area contributed by atoms with Gasteiger partial charge in [0.25, 0.3) is 10.2 Å². The molecule has 0 saturated carbocycles. The number of carbonyl (C=O) groups is 2. The molecule has 0 fully saturated rings. The topological polar surface area (TPSA) is 173 Å². The summed E-state index contributed by atoms with van der Waals surface area (Å²) in [4.78, 5) is 28.0. The number of nitrogens with two attached hydrogens (primary N) is 1. The van der Waals surface area contributed by atoms with Crippen molar-refractivity contribution in [3.63, 3.8) is 0 Å². The molecule has 1 unspecified atom stereocenters. The Morgan fingerprint density at radius 1 is 1.31 bits per heavy atom. The molecule has 12 heteroatoms. The summed E-state index contributed by atoms with van der Waals surface area (Å²) in [5.41, 5.74) is 0.922. The molecule has 2 aromatic rings. The number of aromatic nitrogens is 1. The number of hydrogen-bond acceptors (Lipinski definition) is 6. The van der Waals surface area contributed by atoms with E-state index < -0.39 is 28.3 Å². The predicted octanol–water partition coefficient (Wildman–Crippen LogP) is 0.782. The number of anilines is 1. The van der Waals surface area contributed by atoms with Crippen molar-refractivity contribution in [3.8, 4) is 5.75 Å². The van der Waals surface area contributed by atoms with Gasteiger partial charge in [0.15, 0.2) is 0 Å². The zero-order chi connectivity index (χ0) is 21.4. The van der Waals surface area contributed by atoms with Crippen LogP contribution in [0, 0.1) is 0 Å². The second kappa shape index (κ2) is 10.0. The van der Waals surface area contributed by atoms with Crippen LogP contribution in [0.5, 0.6) is 5.75 Å². The predicted molar refractivity (Wildman–Crippen MR) is 107 cm³/mol. The van der Waals surface area contributed by atoms with Crippen LogP contribution in [-0.4, -0.2) is 50.2 Å². The lowest BCUT2D eigenvalue weighted by Gasteiger charge is -2.18. The summed E-state index contributed by atoms with van der Waals surface area (Å²) in [6.07, 6.45) is 1.17. The van der Waals surface area contributed by atoms with E-state index in [0.29, 0.717) is 29.8 Å². The van der Waals surface area contributed by atoms with Gasteiger partial charge in [0.1, 0.15) is 11.8 Å². The number of methoxy groups -OCH3 is 1. The maximum absolute atomic E-state index is 12.7. The van der Waals surface area contributed by atoms with E-state index in [1.165, 1.54) is 7.11 Å². The number of pyridine rings is 1. The van der Waals surface area contributed by atoms with Crippen LogP contribution in [0.15, 0.2) is 30.5 Å². The number of unbranched alkanes of at least 4 members (excludes halogenated alkanes) is 1. The molecule has 0 spiro atoms. The molecular formula is C17H23N5O6S. The molecule has 11 nitrogen and oxygen atoms in total. The molecule has 0 bridgehead atoms. The Hall–Kier alpha value is -2.96. The van der Waals surface area contributed by atoms with Crippen molar-refractivity contribution in [3.05, 3.63) is 30.5 Å². The normalized spacial score (nSPS) is 12.3. The van der Waals surface area contributed by atoms with E-state index in [1.807, 2.05) is 6.07 Å². The van der Waals surface area contributed by atoms with Gasteiger partial charge in [-0.2, -0.15) is 8.42 Å². The number of hydrogen-bond donors (Lipinski definition) is 5. The molecule has 0 saturated heterocycles. The molecule has 1 aromatic carbocycles. The van der Waals surface area contributed by atoms with Crippen molar-refractivity contribution in [1.29, 1.82) is 0 Å². The van der Waals surface area contributed by atoms with Gasteiger partial charge >= 0.3 is 6.09 Å². The minimum atomic E-state index is -3.79. The lowest BCUT2D eigenvalue weighted by Crippen LogP contribution is -2.43. The smallest absolute Gasteiger partial charge is 0.405 e. The lowest BCUT2D eigenvalue weighted by molar-refractivity contribution is -0.118. The highest BCUT2D eigenvalue weighted by molar-refractivity contribution is 7.87. The third-order valence-electron chi connectivity index (χ3n) is 4.01. The van der Waals surface area contributed by atoms with Crippen LogP contribution in [0.2, 0.25) is 0 Å². The van der Waals surface area contributed by atoms with Crippen molar-refractivity contribution in [2.75, 3.05) is 19.0 Å². The highest BCUT2D eigenvalue weighted by Crippen LogP contribution is 2.27. The number of rotatable bonds is 10. The standard InChI is InChI=1S/C17H23N5O6S/c1-28-12-9-11-5-4-7-19-15(11)14(10-12)21-16(23)13(22-17(24)25)6-2-3-8-20-29(18,26)27/h4-5,7,9-10,13,20,22H,2-3,6,8H2,1H3,(H,21,23)(H,24,25)(H2,18,26,27). The van der Waals surface area contributed by atoms with Crippen LogP contribution in [0.1, 0.15) is 19.3 Å². The van der Waals surface area contributed by atoms with Crippen LogP contribution >= 0.6 is 0 Å². The molecule has 1 heterocycles. The molecular weight excluding hydrogens is 402 g/mol. The molecule has 0 aliphatic rings. The number of ether oxygens (including phenoxy) is 1. The average molecular weight is 425 g/mol. The first-order valence-corrected chi connectivity index (χ1v) is 10.2. The Bertz CT molecular complexity index is 981. The summed E-state index contributed by atoms with van der Waals surface area (Å²) in [5.74, 6) is -0.0513. The highest BCUT2D eigenvalue weighted by Gasteiger charge is 2.21. The Labute approximate surface area is 167 Å². The second-order valence-electron chi connectivity index (χ2n) is 6.18. The van der Waals surface area contributed by atoms with E-state index in [-0.39, 0.29) is 13.0 Å². The fraction of sp³-hybridized carbons (Fsp3) is 0.353. The van der Waals surface area contributed by atoms with E-state index in [1.54, 1.807) is 24.4 Å². The Morgan fingerprint density at radius 3 is 2.72 bits per heavy atom. The summed E-state index contributed by atoms with van der Waals surface area (Å²) < 4.78 is 29.0. The average Bonchev–Trinajstić information content (AvgIpc) is 2.65. The van der Waals surface area contributed by atoms with Crippen LogP contribution in [0.3, 0.4) is 0 Å². The maximum Gasteiger partial charge on any atom is 0.405 e. The van der Waals surface area contributed by atoms with Crippen molar-refractivity contribution < 1.29 is 27.9 Å². The summed E-state index contributed by atoms with van der Waals surface area (Å²) >= 11 is 0. The van der Waals surface area contributed by atoms with Gasteiger partial charge in [-0.05, 0) is 31.4 Å². The van der Waals surface area contributed by atoms with Crippen molar-refractivity contribution in [2.24, 2.45) is 5.14 Å². The van der Waals surface area contributed by atoms with Gasteiger partial charge in [0, 0.05) is 24.2 Å². The minimum Gasteiger partial charge on any atom is -0.497 e. The van der Waals surface area contributed by atoms with E-state index in [2.05, 4.69) is 20.3 Å². The van der Waals surface area contributed by atoms with Crippen LogP contribution in [0.25, 0.3) is 10.9 Å². The van der Waals surface area contributed by atoms with Crippen molar-refractivity contribution >= 4 is 38.8 Å². The third kappa shape index (κ3) is 7.18. The largest absolute Gasteiger partial charge is 0.497 e. The Balaban J connectivity index is 2.09. The molecule has 1 atom stereocenters. The van der Waals surface area contributed by atoms with Gasteiger partial charge in [-0.15, -0.1) is 0 Å². The lowest BCUT2D eigenvalue weighted by atomic mass is 10.1. The van der Waals surface area contributed by atoms with Gasteiger partial charge in [0.05, 0.1) is 18.3 Å². The number of carbonyl (C=O) groups excluding carboxylic acids is 1. The quantitative estimate of drug-likeness (QED) is 0.350. The number of amides is 2. The first-order valence-electron chi connectivity index (χ1n) is 8.70. The van der Waals surface area contributed by atoms with Crippen LogP contribution in [-0.2, 0) is 15.0 Å². The van der Waals surface area contributed by atoms with Gasteiger partial charge in [-0.25, -0.2) is 14.7 Å². The van der Waals surface area contributed by atoms with E-state index >= 15 is 0 Å². The second-order valence-corrected chi connectivity index (χ2v) is 7.56. The fourth-order valence-electron chi connectivity index (χ4n) is 2.70. The molecule has 1 aromatic heterocycles. The fourth-order valence-corrected chi connectivity index (χ4v) is 3.13. The minimum absolute atomic E-state index is 0.0880. The summed E-state index contributed by atoms with van der Waals surface area (Å²) in [6.45, 7) is 0.0880. The number of benzene rings is 1. The number of carboxylic acid groups (broad SMARTS) is 1. The number of nitrogens with zero attached hydrogens (tertiary/aromatic N) is 1. The molecule has 2 amide bonds. The molecule has 6 N–H and O–H groups in total. The van der Waals surface area contributed by atoms with E-state index in [0.717, 1.165) is 5.39 Å². The highest BCUT2D eigenvalue weighted by atomic mass is 32.2. The summed E-state index contributed by atoms with van der Waals surface area (Å²) in [6, 6.07) is 5.89. The van der Waals surface area contributed by atoms with Crippen molar-refractivity contribution in [2.45, 2.75) is 25.3 Å². The zero-order valence-electron chi connectivity index (χ0n) is 15.7. The zero-order valence-corrected chi connectivity index (χ0v) is 16.5. The van der Waals surface area contributed by atoms with Crippen LogP contribution in [0.4, 0.5) is 10.5 Å². The van der Waals surface area contributed by atoms with Crippen LogP contribution < -0.4 is 25.2 Å². The van der Waals surface area contributed by atoms with Gasteiger partial charge in [0.2, 0.25) is 5.91 Å². The van der Waals surface area contributed by atoms with Crippen molar-refractivity contribution in [1.82, 2.24) is 15.0 Å². The number of nitrogens with one attached hydrogen (secondary N) is 3. The van der Waals surface area contributed by atoms with Gasteiger partial charge < -0.3 is 20.5 Å². The third-order valence-corrected chi connectivity index (χ3v) is 4.62. The molecule has 0 aliphatic carbocycles. The van der Waals surface area contributed by atoms with E-state index in [9.17, 15) is 18.0 Å². The van der Waals surface area contributed by atoms with Gasteiger partial charge in [-0.1, -0.05) is 6.07 Å². The Kier molecular flexibility index (Phi) is 7.70. The molecule has 0 radical (unpaired) electrons. The number of fused-ring (bicyclic) bond motifs is 1. The van der Waals surface area contributed by atoms with E-state index in [4.69, 9.17) is 15.0 Å². The first-order chi connectivity index (χ1) is 13.7. The molecule has 2 rings (SSSR count). The summed E-state index contributed by atoms with van der Waals surface area (Å²) in [7, 11) is -2.29. The monoisotopic (exact) mass is 425 g/mol. The first kappa shape index (κ1) is 22.3. The van der Waals surface area contributed by atoms with Gasteiger partial charge in [-0.3, -0.25) is 9.78 Å². The molecule has 0 aliphatic heterocycles. The SMILES string of the molecule is COc1cc(NC(=O)C(CCCCNS(N)(=O)=O)NC(=O)O)c2ncccc2c1. The Morgan fingerprint density at radius 2 is 2.07 bits per heavy atom. The summed E-state index contributed by atoms with van der Waals surface area (Å²) in [5, 5.41) is 19.5. The maximum atomic E-state index is 12.7.